The van der Waals surface area contributed by atoms with Gasteiger partial charge in [-0.3, -0.25) is 14.4 Å². The number of carbonyl (C=O) groups excluding carboxylic acids is 3. The quantitative estimate of drug-likeness (QED) is 0.504. The van der Waals surface area contributed by atoms with Crippen molar-refractivity contribution < 1.29 is 24.2 Å². The third-order valence-corrected chi connectivity index (χ3v) is 7.01. The molecule has 0 saturated carbocycles. The molecule has 5 atom stereocenters. The molecule has 0 aliphatic carbocycles. The predicted octanol–water partition coefficient (Wildman–Crippen LogP) is 0.965. The minimum Gasteiger partial charge on any atom is -0.396 e. The molecule has 3 amide bonds. The first-order chi connectivity index (χ1) is 14.1. The summed E-state index contributed by atoms with van der Waals surface area (Å²) in [6, 6.07) is -0.744. The largest absolute Gasteiger partial charge is 0.396 e. The number of amides is 3. The van der Waals surface area contributed by atoms with Crippen molar-refractivity contribution in [3.8, 4) is 0 Å². The summed E-state index contributed by atoms with van der Waals surface area (Å²) in [7, 11) is 1.58. The molecule has 0 radical (unpaired) electrons. The second kappa shape index (κ2) is 8.11. The van der Waals surface area contributed by atoms with Crippen LogP contribution in [0.15, 0.2) is 0 Å². The fourth-order valence-corrected chi connectivity index (χ4v) is 5.82. The van der Waals surface area contributed by atoms with E-state index in [1.165, 1.54) is 0 Å². The van der Waals surface area contributed by atoms with Gasteiger partial charge in [-0.2, -0.15) is 0 Å². The maximum absolute atomic E-state index is 13.6. The van der Waals surface area contributed by atoms with E-state index in [4.69, 9.17) is 9.84 Å². The number of likely N-dealkylation sites (tertiary alicyclic amines) is 1. The number of rotatable bonds is 8. The Hall–Kier alpha value is -1.67. The van der Waals surface area contributed by atoms with Crippen LogP contribution in [0.3, 0.4) is 0 Å². The van der Waals surface area contributed by atoms with Crippen molar-refractivity contribution in [3.63, 3.8) is 0 Å². The van der Waals surface area contributed by atoms with Crippen LogP contribution in [0.25, 0.3) is 0 Å². The van der Waals surface area contributed by atoms with Crippen LogP contribution in [-0.2, 0) is 19.1 Å². The average Bonchev–Trinajstić information content (AvgIpc) is 3.27. The van der Waals surface area contributed by atoms with Crippen molar-refractivity contribution in [2.24, 2.45) is 11.8 Å². The van der Waals surface area contributed by atoms with Crippen LogP contribution in [0.4, 0.5) is 0 Å². The van der Waals surface area contributed by atoms with Gasteiger partial charge < -0.3 is 25.4 Å². The molecule has 3 N–H and O–H groups in total. The Labute approximate surface area is 179 Å². The van der Waals surface area contributed by atoms with Crippen LogP contribution in [0.5, 0.6) is 0 Å². The molecular formula is C22H37N3O5. The Morgan fingerprint density at radius 1 is 1.20 bits per heavy atom. The molecular weight excluding hydrogens is 386 g/mol. The molecule has 0 aromatic rings. The molecule has 8 heteroatoms. The van der Waals surface area contributed by atoms with Gasteiger partial charge in [-0.1, -0.05) is 6.92 Å². The molecule has 3 aliphatic heterocycles. The highest BCUT2D eigenvalue weighted by Gasteiger charge is 2.78. The van der Waals surface area contributed by atoms with E-state index in [9.17, 15) is 14.4 Å². The monoisotopic (exact) mass is 423 g/mol. The number of hydrogen-bond acceptors (Lipinski definition) is 5. The Morgan fingerprint density at radius 2 is 1.90 bits per heavy atom. The van der Waals surface area contributed by atoms with E-state index in [1.54, 1.807) is 11.9 Å². The zero-order valence-electron chi connectivity index (χ0n) is 18.9. The lowest BCUT2D eigenvalue weighted by atomic mass is 9.65. The van der Waals surface area contributed by atoms with Crippen molar-refractivity contribution in [1.82, 2.24) is 15.5 Å². The summed E-state index contributed by atoms with van der Waals surface area (Å²) >= 11 is 0. The molecule has 8 nitrogen and oxygen atoms in total. The van der Waals surface area contributed by atoms with Gasteiger partial charge in [0.05, 0.1) is 17.4 Å². The summed E-state index contributed by atoms with van der Waals surface area (Å²) < 4.78 is 6.61. The van der Waals surface area contributed by atoms with E-state index in [0.717, 1.165) is 6.42 Å². The molecule has 0 aromatic carbocycles. The summed E-state index contributed by atoms with van der Waals surface area (Å²) in [5, 5.41) is 14.8. The van der Waals surface area contributed by atoms with E-state index >= 15 is 0 Å². The van der Waals surface area contributed by atoms with Crippen LogP contribution in [0.1, 0.15) is 66.2 Å². The normalized spacial score (nSPS) is 34.9. The molecule has 2 bridgehead atoms. The number of carbonyl (C=O) groups is 3. The van der Waals surface area contributed by atoms with Gasteiger partial charge in [0.1, 0.15) is 11.6 Å². The molecule has 3 aliphatic rings. The first-order valence-electron chi connectivity index (χ1n) is 11.2. The summed E-state index contributed by atoms with van der Waals surface area (Å²) in [5.74, 6) is -1.78. The molecule has 0 aromatic heterocycles. The van der Waals surface area contributed by atoms with Gasteiger partial charge in [0, 0.05) is 25.7 Å². The van der Waals surface area contributed by atoms with Crippen LogP contribution >= 0.6 is 0 Å². The maximum atomic E-state index is 13.6. The van der Waals surface area contributed by atoms with Crippen molar-refractivity contribution in [2.75, 3.05) is 20.2 Å². The van der Waals surface area contributed by atoms with Gasteiger partial charge >= 0.3 is 0 Å². The highest BCUT2D eigenvalue weighted by molar-refractivity contribution is 5.99. The van der Waals surface area contributed by atoms with Crippen molar-refractivity contribution >= 4 is 17.7 Å². The molecule has 3 fully saturated rings. The molecule has 3 saturated heterocycles. The summed E-state index contributed by atoms with van der Waals surface area (Å²) in [6.07, 6.45) is 4.01. The molecule has 30 heavy (non-hydrogen) atoms. The van der Waals surface area contributed by atoms with Crippen molar-refractivity contribution in [2.45, 2.75) is 89.0 Å². The second-order valence-electron chi connectivity index (χ2n) is 10.0. The number of nitrogens with one attached hydrogen (secondary N) is 2. The minimum atomic E-state index is -0.962. The van der Waals surface area contributed by atoms with Gasteiger partial charge in [0.15, 0.2) is 0 Å². The van der Waals surface area contributed by atoms with Crippen LogP contribution in [0, 0.1) is 11.8 Å². The highest BCUT2D eigenvalue weighted by atomic mass is 16.5. The van der Waals surface area contributed by atoms with Gasteiger partial charge in [0.2, 0.25) is 17.7 Å². The Balaban J connectivity index is 2.00. The average molecular weight is 424 g/mol. The van der Waals surface area contributed by atoms with Crippen molar-refractivity contribution in [3.05, 3.63) is 0 Å². The summed E-state index contributed by atoms with van der Waals surface area (Å²) in [5.41, 5.74) is -2.10. The number of aliphatic hydroxyl groups is 1. The molecule has 3 heterocycles. The van der Waals surface area contributed by atoms with Gasteiger partial charge in [-0.25, -0.2) is 0 Å². The van der Waals surface area contributed by atoms with E-state index in [1.807, 2.05) is 27.7 Å². The van der Waals surface area contributed by atoms with Gasteiger partial charge in [0.25, 0.3) is 0 Å². The van der Waals surface area contributed by atoms with E-state index in [-0.39, 0.29) is 24.3 Å². The van der Waals surface area contributed by atoms with Crippen LogP contribution < -0.4 is 10.6 Å². The SMILES string of the molecule is CC[C@]12CCC3(O1)C(C(=O)NC(C)(C)C)N(CCCCCO)C(=O)[C@@H]3[C@H]2C(=O)NC. The second-order valence-corrected chi connectivity index (χ2v) is 10.0. The Kier molecular flexibility index (Phi) is 6.22. The van der Waals surface area contributed by atoms with E-state index in [2.05, 4.69) is 10.6 Å². The standard InChI is InChI=1S/C22H37N3O5/c1-6-21-10-11-22(30-21)15(14(21)17(27)23-5)19(29)25(12-8-7-9-13-26)16(22)18(28)24-20(2,3)4/h14-16,26H,6-13H2,1-5H3,(H,23,27)(H,24,28)/t14-,15-,16?,21+,22?/m0/s1. The van der Waals surface area contributed by atoms with E-state index in [0.29, 0.717) is 38.6 Å². The molecule has 2 unspecified atom stereocenters. The number of ether oxygens (including phenoxy) is 1. The van der Waals surface area contributed by atoms with Crippen LogP contribution in [0.2, 0.25) is 0 Å². The topological polar surface area (TPSA) is 108 Å². The third-order valence-electron chi connectivity index (χ3n) is 7.01. The fourth-order valence-electron chi connectivity index (χ4n) is 5.82. The summed E-state index contributed by atoms with van der Waals surface area (Å²) in [4.78, 5) is 41.6. The molecule has 170 valence electrons. The third kappa shape index (κ3) is 3.51. The maximum Gasteiger partial charge on any atom is 0.246 e. The summed E-state index contributed by atoms with van der Waals surface area (Å²) in [6.45, 7) is 8.25. The van der Waals surface area contributed by atoms with Crippen LogP contribution in [-0.4, -0.2) is 70.7 Å². The highest BCUT2D eigenvalue weighted by Crippen LogP contribution is 2.64. The minimum absolute atomic E-state index is 0.106. The van der Waals surface area contributed by atoms with E-state index < -0.39 is 34.6 Å². The number of aliphatic hydroxyl groups excluding tert-OH is 1. The lowest BCUT2D eigenvalue weighted by Crippen LogP contribution is -2.58. The number of nitrogens with zero attached hydrogens (tertiary/aromatic N) is 1. The lowest BCUT2D eigenvalue weighted by molar-refractivity contribution is -0.148. The zero-order valence-corrected chi connectivity index (χ0v) is 18.9. The number of hydrogen-bond donors (Lipinski definition) is 3. The smallest absolute Gasteiger partial charge is 0.246 e. The van der Waals surface area contributed by atoms with Gasteiger partial charge in [-0.15, -0.1) is 0 Å². The number of unbranched alkanes of at least 4 members (excludes halogenated alkanes) is 2. The Morgan fingerprint density at radius 3 is 2.47 bits per heavy atom. The molecule has 1 spiro atoms. The fraction of sp³-hybridized carbons (Fsp3) is 0.864. The van der Waals surface area contributed by atoms with Crippen molar-refractivity contribution in [1.29, 1.82) is 0 Å². The van der Waals surface area contributed by atoms with Gasteiger partial charge in [-0.05, 0) is 59.3 Å². The lowest BCUT2D eigenvalue weighted by Gasteiger charge is -2.35. The first kappa shape index (κ1) is 23.0. The Bertz CT molecular complexity index is 705. The zero-order chi connectivity index (χ0) is 22.3. The first-order valence-corrected chi connectivity index (χ1v) is 11.2. The predicted molar refractivity (Wildman–Crippen MR) is 111 cm³/mol. The molecule has 3 rings (SSSR count). The number of fused-ring (bicyclic) bond motifs is 1.